The van der Waals surface area contributed by atoms with E-state index >= 15 is 0 Å². The Kier molecular flexibility index (Phi) is 5.00. The van der Waals surface area contributed by atoms with E-state index in [0.717, 1.165) is 6.42 Å². The summed E-state index contributed by atoms with van der Waals surface area (Å²) in [6.45, 7) is 2.31. The van der Waals surface area contributed by atoms with E-state index < -0.39 is 0 Å². The van der Waals surface area contributed by atoms with Gasteiger partial charge in [0.15, 0.2) is 0 Å². The predicted molar refractivity (Wildman–Crippen MR) is 92.8 cm³/mol. The number of hydrogen-bond acceptors (Lipinski definition) is 2. The zero-order chi connectivity index (χ0) is 14.5. The van der Waals surface area contributed by atoms with Crippen molar-refractivity contribution in [3.8, 4) is 0 Å². The fraction of sp³-hybridized carbons (Fsp3) is 0.368. The third kappa shape index (κ3) is 3.90. The molecule has 1 nitrogen and oxygen atoms in total. The van der Waals surface area contributed by atoms with E-state index in [0.29, 0.717) is 17.3 Å². The summed E-state index contributed by atoms with van der Waals surface area (Å²) in [6.07, 6.45) is 2.34. The summed E-state index contributed by atoms with van der Waals surface area (Å²) < 4.78 is 0. The van der Waals surface area contributed by atoms with Gasteiger partial charge in [-0.2, -0.15) is 11.8 Å². The maximum atomic E-state index is 3.86. The van der Waals surface area contributed by atoms with Gasteiger partial charge in [-0.1, -0.05) is 60.7 Å². The number of benzene rings is 2. The molecule has 1 fully saturated rings. The topological polar surface area (TPSA) is 12.0 Å². The molecule has 1 aliphatic heterocycles. The highest BCUT2D eigenvalue weighted by molar-refractivity contribution is 7.99. The van der Waals surface area contributed by atoms with Crippen LogP contribution < -0.4 is 5.32 Å². The van der Waals surface area contributed by atoms with Crippen molar-refractivity contribution in [2.45, 2.75) is 37.1 Å². The zero-order valence-corrected chi connectivity index (χ0v) is 13.4. The molecule has 3 unspecified atom stereocenters. The van der Waals surface area contributed by atoms with Gasteiger partial charge in [0.25, 0.3) is 0 Å². The van der Waals surface area contributed by atoms with Gasteiger partial charge >= 0.3 is 0 Å². The maximum absolute atomic E-state index is 3.86. The fourth-order valence-corrected chi connectivity index (χ4v) is 4.53. The molecule has 0 saturated carbocycles. The van der Waals surface area contributed by atoms with Crippen molar-refractivity contribution < 1.29 is 0 Å². The summed E-state index contributed by atoms with van der Waals surface area (Å²) in [5.74, 6) is 1.24. The van der Waals surface area contributed by atoms with Gasteiger partial charge in [-0.3, -0.25) is 0 Å². The molecule has 0 aliphatic carbocycles. The van der Waals surface area contributed by atoms with Crippen LogP contribution in [0.5, 0.6) is 0 Å². The number of hydrogen-bond donors (Lipinski definition) is 1. The molecule has 1 heterocycles. The van der Waals surface area contributed by atoms with E-state index in [1.165, 1.54) is 23.3 Å². The van der Waals surface area contributed by atoms with Gasteiger partial charge in [-0.15, -0.1) is 0 Å². The summed E-state index contributed by atoms with van der Waals surface area (Å²) in [5, 5.41) is 4.39. The lowest BCUT2D eigenvalue weighted by atomic mass is 9.97. The minimum Gasteiger partial charge on any atom is -0.310 e. The van der Waals surface area contributed by atoms with Crippen molar-refractivity contribution in [1.82, 2.24) is 5.32 Å². The lowest BCUT2D eigenvalue weighted by Gasteiger charge is -2.27. The molecule has 3 atom stereocenters. The van der Waals surface area contributed by atoms with Gasteiger partial charge in [-0.25, -0.2) is 0 Å². The van der Waals surface area contributed by atoms with E-state index in [2.05, 4.69) is 84.7 Å². The summed E-state index contributed by atoms with van der Waals surface area (Å²) in [4.78, 5) is 0. The van der Waals surface area contributed by atoms with Crippen LogP contribution in [-0.2, 0) is 6.42 Å². The Morgan fingerprint density at radius 1 is 1.00 bits per heavy atom. The first-order valence-electron chi connectivity index (χ1n) is 7.79. The van der Waals surface area contributed by atoms with Crippen molar-refractivity contribution in [3.63, 3.8) is 0 Å². The summed E-state index contributed by atoms with van der Waals surface area (Å²) in [6, 6.07) is 22.9. The average Bonchev–Trinajstić information content (AvgIpc) is 2.70. The molecule has 0 radical (unpaired) electrons. The molecule has 2 heteroatoms. The summed E-state index contributed by atoms with van der Waals surface area (Å²) in [5.41, 5.74) is 2.87. The highest BCUT2D eigenvalue weighted by Gasteiger charge is 2.27. The Hall–Kier alpha value is -1.25. The van der Waals surface area contributed by atoms with Crippen LogP contribution in [0, 0.1) is 0 Å². The molecule has 1 aliphatic rings. The van der Waals surface area contributed by atoms with Crippen molar-refractivity contribution >= 4 is 11.8 Å². The first-order chi connectivity index (χ1) is 10.3. The second kappa shape index (κ2) is 7.15. The van der Waals surface area contributed by atoms with Crippen LogP contribution >= 0.6 is 11.8 Å². The van der Waals surface area contributed by atoms with Crippen LogP contribution in [0.3, 0.4) is 0 Å². The van der Waals surface area contributed by atoms with E-state index in [-0.39, 0.29) is 0 Å². The molecule has 3 rings (SSSR count). The van der Waals surface area contributed by atoms with Gasteiger partial charge in [0, 0.05) is 17.3 Å². The molecule has 0 amide bonds. The third-order valence-electron chi connectivity index (χ3n) is 4.14. The van der Waals surface area contributed by atoms with Crippen molar-refractivity contribution in [2.75, 3.05) is 5.75 Å². The highest BCUT2D eigenvalue weighted by Crippen LogP contribution is 2.36. The molecule has 110 valence electrons. The second-order valence-corrected chi connectivity index (χ2v) is 7.10. The quantitative estimate of drug-likeness (QED) is 0.898. The Morgan fingerprint density at radius 2 is 1.67 bits per heavy atom. The standard InChI is InChI=1S/C19H23NS/c1-15-12-13-21-19(17-10-6-3-7-11-17)18(20-15)14-16-8-4-2-5-9-16/h2-11,15,18-20H,12-14H2,1H3. The monoisotopic (exact) mass is 297 g/mol. The zero-order valence-electron chi connectivity index (χ0n) is 12.5. The van der Waals surface area contributed by atoms with Crippen LogP contribution in [0.25, 0.3) is 0 Å². The van der Waals surface area contributed by atoms with Crippen LogP contribution in [-0.4, -0.2) is 17.8 Å². The highest BCUT2D eigenvalue weighted by atomic mass is 32.2. The lowest BCUT2D eigenvalue weighted by Crippen LogP contribution is -2.39. The Labute approximate surface area is 132 Å². The smallest absolute Gasteiger partial charge is 0.0453 e. The van der Waals surface area contributed by atoms with Gasteiger partial charge < -0.3 is 5.32 Å². The molecular formula is C19H23NS. The van der Waals surface area contributed by atoms with Gasteiger partial charge in [0.1, 0.15) is 0 Å². The van der Waals surface area contributed by atoms with Crippen LogP contribution in [0.2, 0.25) is 0 Å². The Bertz CT molecular complexity index is 540. The number of nitrogens with one attached hydrogen (secondary N) is 1. The molecule has 0 aromatic heterocycles. The molecular weight excluding hydrogens is 274 g/mol. The van der Waals surface area contributed by atoms with Crippen molar-refractivity contribution in [3.05, 3.63) is 71.8 Å². The van der Waals surface area contributed by atoms with E-state index in [1.807, 2.05) is 0 Å². The minimum absolute atomic E-state index is 0.497. The minimum atomic E-state index is 0.497. The Balaban J connectivity index is 1.84. The molecule has 1 N–H and O–H groups in total. The van der Waals surface area contributed by atoms with E-state index in [1.54, 1.807) is 0 Å². The van der Waals surface area contributed by atoms with Gasteiger partial charge in [0.05, 0.1) is 0 Å². The molecule has 21 heavy (non-hydrogen) atoms. The molecule has 0 bridgehead atoms. The van der Waals surface area contributed by atoms with Crippen molar-refractivity contribution in [2.24, 2.45) is 0 Å². The summed E-state index contributed by atoms with van der Waals surface area (Å²) >= 11 is 2.11. The van der Waals surface area contributed by atoms with Crippen molar-refractivity contribution in [1.29, 1.82) is 0 Å². The average molecular weight is 297 g/mol. The van der Waals surface area contributed by atoms with Crippen LogP contribution in [0.1, 0.15) is 29.7 Å². The largest absolute Gasteiger partial charge is 0.310 e. The van der Waals surface area contributed by atoms with E-state index in [9.17, 15) is 0 Å². The van der Waals surface area contributed by atoms with Crippen LogP contribution in [0.4, 0.5) is 0 Å². The number of thioether (sulfide) groups is 1. The normalized spacial score (nSPS) is 26.2. The summed E-state index contributed by atoms with van der Waals surface area (Å²) in [7, 11) is 0. The molecule has 1 saturated heterocycles. The number of rotatable bonds is 3. The third-order valence-corrected chi connectivity index (χ3v) is 5.57. The predicted octanol–water partition coefficient (Wildman–Crippen LogP) is 4.45. The van der Waals surface area contributed by atoms with Gasteiger partial charge in [0.2, 0.25) is 0 Å². The molecule has 0 spiro atoms. The Morgan fingerprint density at radius 3 is 2.38 bits per heavy atom. The second-order valence-electron chi connectivity index (χ2n) is 5.85. The maximum Gasteiger partial charge on any atom is 0.0453 e. The first-order valence-corrected chi connectivity index (χ1v) is 8.84. The van der Waals surface area contributed by atoms with Gasteiger partial charge in [-0.05, 0) is 36.6 Å². The molecule has 2 aromatic rings. The van der Waals surface area contributed by atoms with Crippen LogP contribution in [0.15, 0.2) is 60.7 Å². The molecule has 2 aromatic carbocycles. The lowest BCUT2D eigenvalue weighted by molar-refractivity contribution is 0.437. The first kappa shape index (κ1) is 14.7. The SMILES string of the molecule is CC1CCSC(c2ccccc2)C(Cc2ccccc2)N1. The fourth-order valence-electron chi connectivity index (χ4n) is 3.03. The van der Waals surface area contributed by atoms with E-state index in [4.69, 9.17) is 0 Å².